The average Bonchev–Trinajstić information content (AvgIpc) is 2.14. The Morgan fingerprint density at radius 1 is 1.13 bits per heavy atom. The van der Waals surface area contributed by atoms with Gasteiger partial charge in [-0.15, -0.1) is 0 Å². The summed E-state index contributed by atoms with van der Waals surface area (Å²) in [6, 6.07) is 0. The van der Waals surface area contributed by atoms with Crippen LogP contribution in [-0.4, -0.2) is 24.9 Å². The van der Waals surface area contributed by atoms with Crippen molar-refractivity contribution in [1.82, 2.24) is 10.6 Å². The minimum absolute atomic E-state index is 0.0588. The highest BCUT2D eigenvalue weighted by molar-refractivity contribution is 5.84. The predicted octanol–water partition coefficient (Wildman–Crippen LogP) is 1.06. The van der Waals surface area contributed by atoms with Gasteiger partial charge in [0.25, 0.3) is 0 Å². The molecule has 0 radical (unpaired) electrons. The van der Waals surface area contributed by atoms with Crippen molar-refractivity contribution >= 4 is 11.8 Å². The van der Waals surface area contributed by atoms with Crippen LogP contribution in [0.4, 0.5) is 0 Å². The Bertz CT molecular complexity index is 203. The van der Waals surface area contributed by atoms with Crippen LogP contribution in [0.3, 0.4) is 0 Å². The molecule has 0 unspecified atom stereocenters. The SMILES string of the molecule is CCCC(=O)NCC(=O)NCCC(C)C. The molecular weight excluding hydrogens is 192 g/mol. The van der Waals surface area contributed by atoms with Crippen LogP contribution in [0.2, 0.25) is 0 Å². The van der Waals surface area contributed by atoms with E-state index in [0.29, 0.717) is 18.9 Å². The zero-order valence-corrected chi connectivity index (χ0v) is 9.93. The first-order valence-corrected chi connectivity index (χ1v) is 5.59. The number of hydrogen-bond donors (Lipinski definition) is 2. The van der Waals surface area contributed by atoms with Crippen molar-refractivity contribution in [2.45, 2.75) is 40.0 Å². The van der Waals surface area contributed by atoms with E-state index in [4.69, 9.17) is 0 Å². The van der Waals surface area contributed by atoms with Gasteiger partial charge < -0.3 is 10.6 Å². The lowest BCUT2D eigenvalue weighted by atomic mass is 10.1. The van der Waals surface area contributed by atoms with Crippen LogP contribution in [0.25, 0.3) is 0 Å². The Labute approximate surface area is 91.8 Å². The van der Waals surface area contributed by atoms with E-state index >= 15 is 0 Å². The molecule has 0 fully saturated rings. The average molecular weight is 214 g/mol. The number of amides is 2. The highest BCUT2D eigenvalue weighted by Gasteiger charge is 2.03. The van der Waals surface area contributed by atoms with Gasteiger partial charge in [0.15, 0.2) is 0 Å². The Kier molecular flexibility index (Phi) is 7.68. The smallest absolute Gasteiger partial charge is 0.239 e. The molecule has 0 aliphatic rings. The van der Waals surface area contributed by atoms with Crippen LogP contribution in [0.15, 0.2) is 0 Å². The Balaban J connectivity index is 3.45. The molecule has 2 amide bonds. The predicted molar refractivity (Wildman–Crippen MR) is 60.4 cm³/mol. The van der Waals surface area contributed by atoms with Gasteiger partial charge in [-0.3, -0.25) is 9.59 Å². The highest BCUT2D eigenvalue weighted by atomic mass is 16.2. The molecule has 0 spiro atoms. The first-order chi connectivity index (χ1) is 7.06. The fourth-order valence-corrected chi connectivity index (χ4v) is 1.06. The number of nitrogens with one attached hydrogen (secondary N) is 2. The molecule has 2 N–H and O–H groups in total. The number of carbonyl (C=O) groups excluding carboxylic acids is 2. The molecule has 0 aromatic heterocycles. The monoisotopic (exact) mass is 214 g/mol. The van der Waals surface area contributed by atoms with Crippen LogP contribution in [0, 0.1) is 5.92 Å². The van der Waals surface area contributed by atoms with E-state index in [1.54, 1.807) is 0 Å². The summed E-state index contributed by atoms with van der Waals surface area (Å²) in [5.41, 5.74) is 0. The van der Waals surface area contributed by atoms with Crippen molar-refractivity contribution in [2.75, 3.05) is 13.1 Å². The third-order valence-corrected chi connectivity index (χ3v) is 1.97. The van der Waals surface area contributed by atoms with Gasteiger partial charge in [-0.25, -0.2) is 0 Å². The molecule has 0 bridgehead atoms. The van der Waals surface area contributed by atoms with Gasteiger partial charge in [-0.1, -0.05) is 20.8 Å². The molecule has 4 heteroatoms. The number of hydrogen-bond acceptors (Lipinski definition) is 2. The minimum Gasteiger partial charge on any atom is -0.355 e. The summed E-state index contributed by atoms with van der Waals surface area (Å²) < 4.78 is 0. The van der Waals surface area contributed by atoms with E-state index in [1.165, 1.54) is 0 Å². The molecule has 0 saturated heterocycles. The first-order valence-electron chi connectivity index (χ1n) is 5.59. The Hall–Kier alpha value is -1.06. The Morgan fingerprint density at radius 3 is 2.33 bits per heavy atom. The number of carbonyl (C=O) groups is 2. The highest BCUT2D eigenvalue weighted by Crippen LogP contribution is 1.95. The lowest BCUT2D eigenvalue weighted by Gasteiger charge is -2.07. The second-order valence-corrected chi connectivity index (χ2v) is 4.06. The van der Waals surface area contributed by atoms with E-state index < -0.39 is 0 Å². The molecule has 0 saturated carbocycles. The lowest BCUT2D eigenvalue weighted by molar-refractivity contribution is -0.126. The van der Waals surface area contributed by atoms with Crippen molar-refractivity contribution < 1.29 is 9.59 Å². The largest absolute Gasteiger partial charge is 0.355 e. The van der Waals surface area contributed by atoms with Crippen molar-refractivity contribution in [3.63, 3.8) is 0 Å². The molecule has 15 heavy (non-hydrogen) atoms. The summed E-state index contributed by atoms with van der Waals surface area (Å²) in [4.78, 5) is 22.2. The lowest BCUT2D eigenvalue weighted by Crippen LogP contribution is -2.37. The maximum absolute atomic E-state index is 11.2. The van der Waals surface area contributed by atoms with E-state index in [1.807, 2.05) is 6.92 Å². The van der Waals surface area contributed by atoms with E-state index in [0.717, 1.165) is 12.8 Å². The van der Waals surface area contributed by atoms with Crippen LogP contribution in [-0.2, 0) is 9.59 Å². The summed E-state index contributed by atoms with van der Waals surface area (Å²) in [5.74, 6) is 0.414. The van der Waals surface area contributed by atoms with E-state index in [-0.39, 0.29) is 18.4 Å². The van der Waals surface area contributed by atoms with Gasteiger partial charge in [0.2, 0.25) is 11.8 Å². The number of rotatable bonds is 7. The summed E-state index contributed by atoms with van der Waals surface area (Å²) >= 11 is 0. The molecule has 0 aliphatic heterocycles. The Morgan fingerprint density at radius 2 is 1.80 bits per heavy atom. The van der Waals surface area contributed by atoms with Crippen molar-refractivity contribution in [3.05, 3.63) is 0 Å². The molecule has 0 aliphatic carbocycles. The van der Waals surface area contributed by atoms with Gasteiger partial charge in [0, 0.05) is 13.0 Å². The van der Waals surface area contributed by atoms with Crippen molar-refractivity contribution in [3.8, 4) is 0 Å². The molecule has 0 heterocycles. The summed E-state index contributed by atoms with van der Waals surface area (Å²) in [6.45, 7) is 6.92. The van der Waals surface area contributed by atoms with Crippen LogP contribution >= 0.6 is 0 Å². The fourth-order valence-electron chi connectivity index (χ4n) is 1.06. The molecule has 0 rings (SSSR count). The maximum Gasteiger partial charge on any atom is 0.239 e. The summed E-state index contributed by atoms with van der Waals surface area (Å²) in [5, 5.41) is 5.33. The second-order valence-electron chi connectivity index (χ2n) is 4.06. The van der Waals surface area contributed by atoms with E-state index in [9.17, 15) is 9.59 Å². The fraction of sp³-hybridized carbons (Fsp3) is 0.818. The summed E-state index contributed by atoms with van der Waals surface area (Å²) in [7, 11) is 0. The van der Waals surface area contributed by atoms with Crippen molar-refractivity contribution in [1.29, 1.82) is 0 Å². The standard InChI is InChI=1S/C11H22N2O2/c1-4-5-10(14)13-8-11(15)12-7-6-9(2)3/h9H,4-8H2,1-3H3,(H,12,15)(H,13,14). The molecule has 0 atom stereocenters. The molecule has 4 nitrogen and oxygen atoms in total. The zero-order chi connectivity index (χ0) is 11.7. The van der Waals surface area contributed by atoms with Crippen molar-refractivity contribution in [2.24, 2.45) is 5.92 Å². The molecular formula is C11H22N2O2. The van der Waals surface area contributed by atoms with Crippen LogP contribution in [0.1, 0.15) is 40.0 Å². The van der Waals surface area contributed by atoms with Gasteiger partial charge in [-0.2, -0.15) is 0 Å². The topological polar surface area (TPSA) is 58.2 Å². The third kappa shape index (κ3) is 9.25. The molecule has 0 aromatic carbocycles. The minimum atomic E-state index is -0.111. The van der Waals surface area contributed by atoms with Gasteiger partial charge in [0.05, 0.1) is 6.54 Å². The van der Waals surface area contributed by atoms with Gasteiger partial charge in [0.1, 0.15) is 0 Å². The van der Waals surface area contributed by atoms with Gasteiger partial charge in [-0.05, 0) is 18.8 Å². The van der Waals surface area contributed by atoms with E-state index in [2.05, 4.69) is 24.5 Å². The third-order valence-electron chi connectivity index (χ3n) is 1.97. The molecule has 0 aromatic rings. The second kappa shape index (κ2) is 8.26. The van der Waals surface area contributed by atoms with Crippen LogP contribution < -0.4 is 10.6 Å². The first kappa shape index (κ1) is 13.9. The normalized spacial score (nSPS) is 10.1. The van der Waals surface area contributed by atoms with Gasteiger partial charge >= 0.3 is 0 Å². The van der Waals surface area contributed by atoms with Crippen LogP contribution in [0.5, 0.6) is 0 Å². The summed E-state index contributed by atoms with van der Waals surface area (Å²) in [6.07, 6.45) is 2.26. The maximum atomic E-state index is 11.2. The zero-order valence-electron chi connectivity index (χ0n) is 9.93. The quantitative estimate of drug-likeness (QED) is 0.666. The molecule has 88 valence electrons.